The highest BCUT2D eigenvalue weighted by Crippen LogP contribution is 2.29. The summed E-state index contributed by atoms with van der Waals surface area (Å²) in [5, 5.41) is 0. The molecule has 1 aliphatic rings. The van der Waals surface area contributed by atoms with Crippen molar-refractivity contribution >= 4 is 27.2 Å². The summed E-state index contributed by atoms with van der Waals surface area (Å²) < 4.78 is 27.0. The van der Waals surface area contributed by atoms with E-state index in [9.17, 15) is 8.42 Å². The Kier molecular flexibility index (Phi) is 5.01. The van der Waals surface area contributed by atoms with Crippen molar-refractivity contribution in [2.75, 3.05) is 13.1 Å². The van der Waals surface area contributed by atoms with Gasteiger partial charge in [0.25, 0.3) is 0 Å². The summed E-state index contributed by atoms with van der Waals surface area (Å²) in [5.74, 6) is 0.511. The van der Waals surface area contributed by atoms with Gasteiger partial charge in [0, 0.05) is 18.7 Å². The first-order chi connectivity index (χ1) is 9.86. The second-order valence-corrected chi connectivity index (χ2v) is 7.97. The van der Waals surface area contributed by atoms with E-state index in [1.807, 2.05) is 13.8 Å². The number of hydrogen-bond acceptors (Lipinski definition) is 3. The summed E-state index contributed by atoms with van der Waals surface area (Å²) in [5.41, 5.74) is 7.15. The third-order valence-corrected chi connectivity index (χ3v) is 6.30. The Bertz CT molecular complexity index is 637. The monoisotopic (exact) mass is 326 g/mol. The van der Waals surface area contributed by atoms with Crippen molar-refractivity contribution in [2.45, 2.75) is 38.0 Å². The molecule has 0 radical (unpaired) electrons. The van der Waals surface area contributed by atoms with Crippen molar-refractivity contribution in [1.82, 2.24) is 4.31 Å². The molecule has 0 atom stereocenters. The topological polar surface area (TPSA) is 63.4 Å². The van der Waals surface area contributed by atoms with Gasteiger partial charge in [-0.25, -0.2) is 8.42 Å². The van der Waals surface area contributed by atoms with E-state index in [1.165, 1.54) is 6.42 Å². The molecule has 0 saturated heterocycles. The Balaban J connectivity index is 2.28. The number of benzene rings is 1. The van der Waals surface area contributed by atoms with Crippen LogP contribution in [0, 0.1) is 12.8 Å². The number of rotatable bonds is 6. The normalized spacial score (nSPS) is 16.0. The van der Waals surface area contributed by atoms with E-state index in [4.69, 9.17) is 18.0 Å². The summed E-state index contributed by atoms with van der Waals surface area (Å²) in [7, 11) is -3.44. The lowest BCUT2D eigenvalue weighted by Gasteiger charge is -2.31. The van der Waals surface area contributed by atoms with Crippen LogP contribution in [0.4, 0.5) is 0 Å². The van der Waals surface area contributed by atoms with Gasteiger partial charge < -0.3 is 5.73 Å². The van der Waals surface area contributed by atoms with Crippen LogP contribution in [-0.4, -0.2) is 30.8 Å². The SMILES string of the molecule is CCN(CC1CCC1)S(=O)(=O)c1ccc(C(N)=S)c(C)c1. The molecule has 0 amide bonds. The highest BCUT2D eigenvalue weighted by atomic mass is 32.2. The van der Waals surface area contributed by atoms with E-state index < -0.39 is 10.0 Å². The third kappa shape index (κ3) is 3.44. The molecule has 0 spiro atoms. The predicted molar refractivity (Wildman–Crippen MR) is 88.8 cm³/mol. The Morgan fingerprint density at radius 2 is 2.10 bits per heavy atom. The van der Waals surface area contributed by atoms with E-state index in [2.05, 4.69) is 0 Å². The van der Waals surface area contributed by atoms with Crippen LogP contribution in [0.25, 0.3) is 0 Å². The molecule has 1 fully saturated rings. The average molecular weight is 326 g/mol. The summed E-state index contributed by atoms with van der Waals surface area (Å²) in [4.78, 5) is 0.611. The number of hydrogen-bond donors (Lipinski definition) is 1. The number of aryl methyl sites for hydroxylation is 1. The van der Waals surface area contributed by atoms with E-state index >= 15 is 0 Å². The first kappa shape index (κ1) is 16.4. The molecule has 2 rings (SSSR count). The summed E-state index contributed by atoms with van der Waals surface area (Å²) in [6, 6.07) is 4.95. The van der Waals surface area contributed by atoms with Gasteiger partial charge in [-0.05, 0) is 43.4 Å². The van der Waals surface area contributed by atoms with Gasteiger partial charge in [-0.2, -0.15) is 4.31 Å². The number of sulfonamides is 1. The van der Waals surface area contributed by atoms with Crippen molar-refractivity contribution < 1.29 is 8.42 Å². The maximum atomic E-state index is 12.7. The van der Waals surface area contributed by atoms with Crippen molar-refractivity contribution in [3.63, 3.8) is 0 Å². The highest BCUT2D eigenvalue weighted by molar-refractivity contribution is 7.89. The zero-order valence-corrected chi connectivity index (χ0v) is 14.1. The Morgan fingerprint density at radius 1 is 1.43 bits per heavy atom. The van der Waals surface area contributed by atoms with Gasteiger partial charge in [0.15, 0.2) is 0 Å². The fraction of sp³-hybridized carbons (Fsp3) is 0.533. The molecular weight excluding hydrogens is 304 g/mol. The first-order valence-corrected chi connectivity index (χ1v) is 9.11. The third-order valence-electron chi connectivity index (χ3n) is 4.14. The molecule has 116 valence electrons. The van der Waals surface area contributed by atoms with Gasteiger partial charge in [0.1, 0.15) is 4.99 Å². The summed E-state index contributed by atoms with van der Waals surface area (Å²) in [6.07, 6.45) is 3.47. The second-order valence-electron chi connectivity index (χ2n) is 5.59. The van der Waals surface area contributed by atoms with Gasteiger partial charge in [0.05, 0.1) is 4.90 Å². The van der Waals surface area contributed by atoms with Crippen LogP contribution in [0.3, 0.4) is 0 Å². The van der Waals surface area contributed by atoms with Crippen molar-refractivity contribution in [3.05, 3.63) is 29.3 Å². The van der Waals surface area contributed by atoms with Gasteiger partial charge in [-0.3, -0.25) is 0 Å². The Labute approximate surface area is 132 Å². The highest BCUT2D eigenvalue weighted by Gasteiger charge is 2.28. The molecule has 4 nitrogen and oxygen atoms in total. The fourth-order valence-electron chi connectivity index (χ4n) is 2.58. The van der Waals surface area contributed by atoms with Crippen molar-refractivity contribution in [3.8, 4) is 0 Å². The smallest absolute Gasteiger partial charge is 0.243 e. The van der Waals surface area contributed by atoms with E-state index in [0.29, 0.717) is 28.9 Å². The van der Waals surface area contributed by atoms with Crippen LogP contribution in [0.1, 0.15) is 37.3 Å². The van der Waals surface area contributed by atoms with E-state index in [1.54, 1.807) is 22.5 Å². The molecule has 6 heteroatoms. The number of nitrogens with zero attached hydrogens (tertiary/aromatic N) is 1. The standard InChI is InChI=1S/C15H22N2O2S2/c1-3-17(10-12-5-4-6-12)21(18,19)13-7-8-14(15(16)20)11(2)9-13/h7-9,12H,3-6,10H2,1-2H3,(H2,16,20). The molecular formula is C15H22N2O2S2. The molecule has 21 heavy (non-hydrogen) atoms. The number of thiocarbonyl (C=S) groups is 1. The molecule has 0 heterocycles. The minimum Gasteiger partial charge on any atom is -0.389 e. The van der Waals surface area contributed by atoms with Gasteiger partial charge in [-0.15, -0.1) is 0 Å². The minimum absolute atomic E-state index is 0.290. The second kappa shape index (κ2) is 6.42. The lowest BCUT2D eigenvalue weighted by Crippen LogP contribution is -2.37. The van der Waals surface area contributed by atoms with E-state index in [0.717, 1.165) is 24.0 Å². The van der Waals surface area contributed by atoms with Gasteiger partial charge in [0.2, 0.25) is 10.0 Å². The van der Waals surface area contributed by atoms with Crippen LogP contribution in [0.5, 0.6) is 0 Å². The summed E-state index contributed by atoms with van der Waals surface area (Å²) in [6.45, 7) is 4.83. The molecule has 1 saturated carbocycles. The predicted octanol–water partition coefficient (Wildman–Crippen LogP) is 2.44. The maximum absolute atomic E-state index is 12.7. The van der Waals surface area contributed by atoms with Crippen LogP contribution >= 0.6 is 12.2 Å². The molecule has 0 aliphatic heterocycles. The fourth-order valence-corrected chi connectivity index (χ4v) is 4.42. The zero-order chi connectivity index (χ0) is 15.6. The molecule has 1 aromatic rings. The maximum Gasteiger partial charge on any atom is 0.243 e. The largest absolute Gasteiger partial charge is 0.389 e. The molecule has 1 aliphatic carbocycles. The molecule has 0 unspecified atom stereocenters. The lowest BCUT2D eigenvalue weighted by atomic mass is 9.85. The number of nitrogens with two attached hydrogens (primary N) is 1. The van der Waals surface area contributed by atoms with Crippen LogP contribution in [0.15, 0.2) is 23.1 Å². The minimum atomic E-state index is -3.44. The molecule has 1 aromatic carbocycles. The van der Waals surface area contributed by atoms with Gasteiger partial charge in [-0.1, -0.05) is 31.6 Å². The molecule has 2 N–H and O–H groups in total. The van der Waals surface area contributed by atoms with Crippen molar-refractivity contribution in [2.24, 2.45) is 11.7 Å². The lowest BCUT2D eigenvalue weighted by molar-refractivity contribution is 0.250. The Morgan fingerprint density at radius 3 is 2.52 bits per heavy atom. The van der Waals surface area contributed by atoms with Crippen molar-refractivity contribution in [1.29, 1.82) is 0 Å². The van der Waals surface area contributed by atoms with E-state index in [-0.39, 0.29) is 0 Å². The Hall–Kier alpha value is -0.980. The average Bonchev–Trinajstić information content (AvgIpc) is 2.36. The van der Waals surface area contributed by atoms with Crippen LogP contribution < -0.4 is 5.73 Å². The molecule has 0 bridgehead atoms. The summed E-state index contributed by atoms with van der Waals surface area (Å²) >= 11 is 4.96. The quantitative estimate of drug-likeness (QED) is 0.816. The van der Waals surface area contributed by atoms with Gasteiger partial charge >= 0.3 is 0 Å². The molecule has 0 aromatic heterocycles. The first-order valence-electron chi connectivity index (χ1n) is 7.27. The van der Waals surface area contributed by atoms with Crippen LogP contribution in [-0.2, 0) is 10.0 Å². The van der Waals surface area contributed by atoms with Crippen LogP contribution in [0.2, 0.25) is 0 Å². The zero-order valence-electron chi connectivity index (χ0n) is 12.5.